The molecule has 0 aliphatic carbocycles. The van der Waals surface area contributed by atoms with E-state index in [0.29, 0.717) is 18.9 Å². The fourth-order valence-corrected chi connectivity index (χ4v) is 2.51. The maximum Gasteiger partial charge on any atom is 0.410 e. The summed E-state index contributed by atoms with van der Waals surface area (Å²) < 4.78 is 10.6. The third-order valence-electron chi connectivity index (χ3n) is 3.51. The molecule has 1 aliphatic rings. The standard InChI is InChI=1S/C15H17N3O3/c16-12-8-13(14-17-6-7-20-14)18(9-12)15(19)21-10-11-4-2-1-3-5-11/h1-7,12-13H,8-10,16H2. The van der Waals surface area contributed by atoms with Gasteiger partial charge in [-0.05, 0) is 12.0 Å². The summed E-state index contributed by atoms with van der Waals surface area (Å²) in [4.78, 5) is 17.9. The van der Waals surface area contributed by atoms with Crippen LogP contribution in [0.4, 0.5) is 4.79 Å². The lowest BCUT2D eigenvalue weighted by Gasteiger charge is -2.21. The van der Waals surface area contributed by atoms with Crippen molar-refractivity contribution in [2.45, 2.75) is 25.1 Å². The minimum atomic E-state index is -0.394. The first-order valence-corrected chi connectivity index (χ1v) is 6.86. The Kier molecular flexibility index (Phi) is 3.87. The second-order valence-corrected chi connectivity index (χ2v) is 5.07. The van der Waals surface area contributed by atoms with Crippen molar-refractivity contribution in [3.63, 3.8) is 0 Å². The Morgan fingerprint density at radius 2 is 2.24 bits per heavy atom. The Labute approximate surface area is 122 Å². The van der Waals surface area contributed by atoms with E-state index in [1.165, 1.54) is 6.26 Å². The number of rotatable bonds is 3. The zero-order valence-corrected chi connectivity index (χ0v) is 11.5. The lowest BCUT2D eigenvalue weighted by molar-refractivity contribution is 0.0875. The summed E-state index contributed by atoms with van der Waals surface area (Å²) in [7, 11) is 0. The van der Waals surface area contributed by atoms with Crippen LogP contribution < -0.4 is 5.73 Å². The van der Waals surface area contributed by atoms with Gasteiger partial charge >= 0.3 is 6.09 Å². The first-order valence-electron chi connectivity index (χ1n) is 6.86. The largest absolute Gasteiger partial charge is 0.447 e. The van der Waals surface area contributed by atoms with Gasteiger partial charge in [-0.15, -0.1) is 0 Å². The molecule has 0 bridgehead atoms. The van der Waals surface area contributed by atoms with Gasteiger partial charge < -0.3 is 14.9 Å². The molecule has 1 aliphatic heterocycles. The number of aromatic nitrogens is 1. The fourth-order valence-electron chi connectivity index (χ4n) is 2.51. The van der Waals surface area contributed by atoms with Crippen LogP contribution in [0.3, 0.4) is 0 Å². The molecule has 3 rings (SSSR count). The predicted octanol–water partition coefficient (Wildman–Crippen LogP) is 2.09. The predicted molar refractivity (Wildman–Crippen MR) is 75.2 cm³/mol. The van der Waals surface area contributed by atoms with Crippen LogP contribution in [0.5, 0.6) is 0 Å². The van der Waals surface area contributed by atoms with Gasteiger partial charge in [-0.3, -0.25) is 4.90 Å². The van der Waals surface area contributed by atoms with Gasteiger partial charge in [-0.25, -0.2) is 9.78 Å². The molecule has 0 radical (unpaired) electrons. The van der Waals surface area contributed by atoms with Crippen molar-refractivity contribution in [1.82, 2.24) is 9.88 Å². The van der Waals surface area contributed by atoms with Crippen molar-refractivity contribution in [2.24, 2.45) is 5.73 Å². The van der Waals surface area contributed by atoms with E-state index < -0.39 is 6.09 Å². The highest BCUT2D eigenvalue weighted by Gasteiger charge is 2.38. The molecule has 2 atom stereocenters. The van der Waals surface area contributed by atoms with Crippen LogP contribution in [0.25, 0.3) is 0 Å². The highest BCUT2D eigenvalue weighted by atomic mass is 16.6. The summed E-state index contributed by atoms with van der Waals surface area (Å²) >= 11 is 0. The van der Waals surface area contributed by atoms with Gasteiger partial charge in [0, 0.05) is 12.6 Å². The van der Waals surface area contributed by atoms with E-state index in [9.17, 15) is 4.79 Å². The second-order valence-electron chi connectivity index (χ2n) is 5.07. The Bertz CT molecular complexity index is 585. The highest BCUT2D eigenvalue weighted by molar-refractivity contribution is 5.68. The van der Waals surface area contributed by atoms with E-state index in [1.54, 1.807) is 11.1 Å². The van der Waals surface area contributed by atoms with Crippen molar-refractivity contribution in [3.8, 4) is 0 Å². The Morgan fingerprint density at radius 1 is 1.43 bits per heavy atom. The molecule has 0 spiro atoms. The highest BCUT2D eigenvalue weighted by Crippen LogP contribution is 2.31. The van der Waals surface area contributed by atoms with E-state index in [2.05, 4.69) is 4.98 Å². The van der Waals surface area contributed by atoms with Gasteiger partial charge in [0.2, 0.25) is 5.89 Å². The summed E-state index contributed by atoms with van der Waals surface area (Å²) in [5, 5.41) is 0. The average molecular weight is 287 g/mol. The lowest BCUT2D eigenvalue weighted by atomic mass is 10.2. The van der Waals surface area contributed by atoms with Crippen LogP contribution >= 0.6 is 0 Å². The van der Waals surface area contributed by atoms with E-state index >= 15 is 0 Å². The molecule has 2 N–H and O–H groups in total. The van der Waals surface area contributed by atoms with Crippen molar-refractivity contribution < 1.29 is 13.9 Å². The van der Waals surface area contributed by atoms with Crippen LogP contribution in [0, 0.1) is 0 Å². The Morgan fingerprint density at radius 3 is 2.95 bits per heavy atom. The molecule has 2 unspecified atom stereocenters. The van der Waals surface area contributed by atoms with E-state index in [-0.39, 0.29) is 18.7 Å². The quantitative estimate of drug-likeness (QED) is 0.934. The molecule has 1 saturated heterocycles. The maximum absolute atomic E-state index is 12.2. The zero-order chi connectivity index (χ0) is 14.7. The van der Waals surface area contributed by atoms with E-state index in [0.717, 1.165) is 5.56 Å². The van der Waals surface area contributed by atoms with Crippen molar-refractivity contribution in [3.05, 3.63) is 54.2 Å². The Hall–Kier alpha value is -2.34. The number of amides is 1. The summed E-state index contributed by atoms with van der Waals surface area (Å²) in [5.74, 6) is 0.500. The molecule has 1 aromatic carbocycles. The monoisotopic (exact) mass is 287 g/mol. The molecule has 1 amide bonds. The molecule has 6 heteroatoms. The van der Waals surface area contributed by atoms with Gasteiger partial charge in [0.25, 0.3) is 0 Å². The molecule has 1 aromatic heterocycles. The number of nitrogens with two attached hydrogens (primary N) is 1. The number of nitrogens with zero attached hydrogens (tertiary/aromatic N) is 2. The van der Waals surface area contributed by atoms with Gasteiger partial charge in [-0.2, -0.15) is 0 Å². The third kappa shape index (κ3) is 3.05. The van der Waals surface area contributed by atoms with Crippen LogP contribution in [-0.2, 0) is 11.3 Å². The fraction of sp³-hybridized carbons (Fsp3) is 0.333. The van der Waals surface area contributed by atoms with Gasteiger partial charge in [0.1, 0.15) is 18.9 Å². The normalized spacial score (nSPS) is 21.5. The average Bonchev–Trinajstić information content (AvgIpc) is 3.14. The van der Waals surface area contributed by atoms with Crippen molar-refractivity contribution >= 4 is 6.09 Å². The third-order valence-corrected chi connectivity index (χ3v) is 3.51. The minimum Gasteiger partial charge on any atom is -0.447 e. The number of oxazole rings is 1. The number of likely N-dealkylation sites (tertiary alicyclic amines) is 1. The molecule has 0 saturated carbocycles. The van der Waals surface area contributed by atoms with Crippen molar-refractivity contribution in [1.29, 1.82) is 0 Å². The van der Waals surface area contributed by atoms with Crippen molar-refractivity contribution in [2.75, 3.05) is 6.54 Å². The van der Waals surface area contributed by atoms with Crippen LogP contribution in [0.15, 0.2) is 47.2 Å². The van der Waals surface area contributed by atoms with Gasteiger partial charge in [0.05, 0.1) is 6.20 Å². The molecule has 21 heavy (non-hydrogen) atoms. The number of hydrogen-bond acceptors (Lipinski definition) is 5. The lowest BCUT2D eigenvalue weighted by Crippen LogP contribution is -2.33. The number of hydrogen-bond donors (Lipinski definition) is 1. The van der Waals surface area contributed by atoms with Gasteiger partial charge in [0.15, 0.2) is 0 Å². The molecule has 2 heterocycles. The molecule has 6 nitrogen and oxygen atoms in total. The second kappa shape index (κ2) is 5.97. The van der Waals surface area contributed by atoms with Gasteiger partial charge in [-0.1, -0.05) is 30.3 Å². The smallest absolute Gasteiger partial charge is 0.410 e. The summed E-state index contributed by atoms with van der Waals surface area (Å²) in [6.45, 7) is 0.685. The van der Waals surface area contributed by atoms with Crippen LogP contribution in [0.2, 0.25) is 0 Å². The summed E-state index contributed by atoms with van der Waals surface area (Å²) in [6, 6.07) is 9.21. The molecule has 2 aromatic rings. The van der Waals surface area contributed by atoms with E-state index in [1.807, 2.05) is 30.3 Å². The Balaban J connectivity index is 1.65. The summed E-state index contributed by atoms with van der Waals surface area (Å²) in [6.07, 6.45) is 3.29. The minimum absolute atomic E-state index is 0.0915. The first kappa shape index (κ1) is 13.6. The molecule has 110 valence electrons. The number of carbonyl (C=O) groups excluding carboxylic acids is 1. The number of benzene rings is 1. The van der Waals surface area contributed by atoms with Crippen LogP contribution in [-0.4, -0.2) is 28.6 Å². The maximum atomic E-state index is 12.2. The SMILES string of the molecule is NC1CC(c2ncco2)N(C(=O)OCc2ccccc2)C1. The number of ether oxygens (including phenoxy) is 1. The summed E-state index contributed by atoms with van der Waals surface area (Å²) in [5.41, 5.74) is 6.89. The molecular weight excluding hydrogens is 270 g/mol. The first-order chi connectivity index (χ1) is 10.2. The van der Waals surface area contributed by atoms with E-state index in [4.69, 9.17) is 14.9 Å². The molecule has 1 fully saturated rings. The zero-order valence-electron chi connectivity index (χ0n) is 11.5. The topological polar surface area (TPSA) is 81.6 Å². The molecular formula is C15H17N3O3. The number of carbonyl (C=O) groups is 1. The van der Waals surface area contributed by atoms with Crippen LogP contribution in [0.1, 0.15) is 23.9 Å².